The number of hydrogen-bond donors (Lipinski definition) is 0. The van der Waals surface area contributed by atoms with Crippen LogP contribution in [0.3, 0.4) is 0 Å². The summed E-state index contributed by atoms with van der Waals surface area (Å²) >= 11 is 0. The van der Waals surface area contributed by atoms with Crippen LogP contribution in [-0.4, -0.2) is 34.2 Å². The third-order valence-electron chi connectivity index (χ3n) is 5.17. The van der Waals surface area contributed by atoms with Crippen molar-refractivity contribution in [3.8, 4) is 0 Å². The summed E-state index contributed by atoms with van der Waals surface area (Å²) in [6.07, 6.45) is 5.15. The minimum absolute atomic E-state index is 0.100. The summed E-state index contributed by atoms with van der Waals surface area (Å²) in [4.78, 5) is 24.6. The maximum Gasteiger partial charge on any atom is 0.226 e. The molecule has 27 heavy (non-hydrogen) atoms. The van der Waals surface area contributed by atoms with E-state index in [0.717, 1.165) is 36.2 Å². The zero-order chi connectivity index (χ0) is 18.6. The number of aromatic nitrogens is 1. The van der Waals surface area contributed by atoms with Gasteiger partial charge in [0.2, 0.25) is 5.91 Å². The van der Waals surface area contributed by atoms with Crippen molar-refractivity contribution in [2.45, 2.75) is 38.3 Å². The van der Waals surface area contributed by atoms with Gasteiger partial charge in [0.1, 0.15) is 11.5 Å². The molecule has 5 nitrogen and oxygen atoms in total. The predicted octanol–water partition coefficient (Wildman–Crippen LogP) is 3.54. The summed E-state index contributed by atoms with van der Waals surface area (Å²) in [5.41, 5.74) is 2.52. The Bertz CT molecular complexity index is 819. The first-order chi connectivity index (χ1) is 13.2. The lowest BCUT2D eigenvalue weighted by molar-refractivity contribution is -0.140. The second kappa shape index (κ2) is 7.86. The zero-order valence-electron chi connectivity index (χ0n) is 15.1. The van der Waals surface area contributed by atoms with Crippen molar-refractivity contribution < 1.29 is 14.0 Å². The first kappa shape index (κ1) is 17.6. The van der Waals surface area contributed by atoms with Crippen LogP contribution >= 0.6 is 0 Å². The minimum atomic E-state index is -0.275. The van der Waals surface area contributed by atoms with Gasteiger partial charge in [0.05, 0.1) is 12.2 Å². The lowest BCUT2D eigenvalue weighted by Crippen LogP contribution is -2.42. The molecule has 2 aromatic rings. The zero-order valence-corrected chi connectivity index (χ0v) is 15.1. The van der Waals surface area contributed by atoms with E-state index in [-0.39, 0.29) is 23.7 Å². The molecule has 0 spiro atoms. The summed E-state index contributed by atoms with van der Waals surface area (Å²) in [5, 5.41) is 4.16. The van der Waals surface area contributed by atoms with Gasteiger partial charge in [0, 0.05) is 25.1 Å². The Balaban J connectivity index is 1.43. The summed E-state index contributed by atoms with van der Waals surface area (Å²) in [6, 6.07) is 12.0. The Morgan fingerprint density at radius 3 is 2.67 bits per heavy atom. The van der Waals surface area contributed by atoms with E-state index in [2.05, 4.69) is 10.1 Å². The number of pyridine rings is 1. The van der Waals surface area contributed by atoms with Gasteiger partial charge in [-0.25, -0.2) is 4.39 Å². The van der Waals surface area contributed by atoms with Crippen molar-refractivity contribution in [1.29, 1.82) is 0 Å². The topological polar surface area (TPSA) is 54.8 Å². The molecule has 1 amide bonds. The van der Waals surface area contributed by atoms with Crippen LogP contribution in [0.2, 0.25) is 0 Å². The Morgan fingerprint density at radius 2 is 2.00 bits per heavy atom. The molecule has 1 aromatic heterocycles. The van der Waals surface area contributed by atoms with Crippen molar-refractivity contribution in [3.05, 3.63) is 65.7 Å². The summed E-state index contributed by atoms with van der Waals surface area (Å²) in [6.45, 7) is 0.918. The van der Waals surface area contributed by atoms with Crippen molar-refractivity contribution in [3.63, 3.8) is 0 Å². The average Bonchev–Trinajstić information content (AvgIpc) is 3.11. The highest BCUT2D eigenvalue weighted by Crippen LogP contribution is 2.29. The molecular formula is C21H22FN3O2. The molecule has 0 bridgehead atoms. The van der Waals surface area contributed by atoms with Crippen LogP contribution in [0.5, 0.6) is 0 Å². The lowest BCUT2D eigenvalue weighted by Gasteiger charge is -2.32. The standard InChI is InChI=1S/C21H22FN3O2/c22-17-9-7-15(8-10-17)13-25(21(26)16-4-3-5-16)14-18-12-20(24-27-18)19-6-1-2-11-23-19/h1-2,6-11,16,18H,3-5,12-14H2/t18-/m0/s1. The van der Waals surface area contributed by atoms with Crippen LogP contribution in [0.25, 0.3) is 0 Å². The van der Waals surface area contributed by atoms with Gasteiger partial charge in [-0.3, -0.25) is 9.78 Å². The first-order valence-corrected chi connectivity index (χ1v) is 9.36. The van der Waals surface area contributed by atoms with Gasteiger partial charge >= 0.3 is 0 Å². The van der Waals surface area contributed by atoms with Gasteiger partial charge in [-0.1, -0.05) is 29.8 Å². The lowest BCUT2D eigenvalue weighted by atomic mass is 9.84. The quantitative estimate of drug-likeness (QED) is 0.785. The first-order valence-electron chi connectivity index (χ1n) is 9.36. The minimum Gasteiger partial charge on any atom is -0.390 e. The van der Waals surface area contributed by atoms with Gasteiger partial charge in [-0.15, -0.1) is 0 Å². The smallest absolute Gasteiger partial charge is 0.226 e. The number of benzene rings is 1. The maximum atomic E-state index is 13.2. The highest BCUT2D eigenvalue weighted by atomic mass is 19.1. The Kier molecular flexibility index (Phi) is 5.14. The number of amides is 1. The van der Waals surface area contributed by atoms with Gasteiger partial charge in [-0.05, 0) is 42.7 Å². The SMILES string of the molecule is O=C(C1CCC1)N(Cc1ccc(F)cc1)C[C@@H]1CC(c2ccccn2)=NO1. The molecule has 2 aliphatic rings. The Hall–Kier alpha value is -2.76. The van der Waals surface area contributed by atoms with Gasteiger partial charge in [-0.2, -0.15) is 0 Å². The van der Waals surface area contributed by atoms with E-state index >= 15 is 0 Å². The van der Waals surface area contributed by atoms with E-state index in [9.17, 15) is 9.18 Å². The van der Waals surface area contributed by atoms with E-state index in [1.165, 1.54) is 12.1 Å². The van der Waals surface area contributed by atoms with Crippen molar-refractivity contribution in [2.75, 3.05) is 6.54 Å². The molecule has 2 heterocycles. The van der Waals surface area contributed by atoms with Crippen molar-refractivity contribution in [2.24, 2.45) is 11.1 Å². The molecule has 1 aromatic carbocycles. The van der Waals surface area contributed by atoms with Crippen LogP contribution in [0.4, 0.5) is 4.39 Å². The number of carbonyl (C=O) groups is 1. The molecule has 1 aliphatic heterocycles. The van der Waals surface area contributed by atoms with Crippen LogP contribution in [-0.2, 0) is 16.2 Å². The second-order valence-corrected chi connectivity index (χ2v) is 7.16. The predicted molar refractivity (Wildman–Crippen MR) is 99.4 cm³/mol. The van der Waals surface area contributed by atoms with Crippen molar-refractivity contribution >= 4 is 11.6 Å². The van der Waals surface area contributed by atoms with E-state index < -0.39 is 0 Å². The van der Waals surface area contributed by atoms with Crippen LogP contribution in [0.15, 0.2) is 53.8 Å². The number of rotatable bonds is 6. The Morgan fingerprint density at radius 1 is 1.19 bits per heavy atom. The molecular weight excluding hydrogens is 345 g/mol. The van der Waals surface area contributed by atoms with Gasteiger partial charge in [0.15, 0.2) is 6.10 Å². The molecule has 140 valence electrons. The third-order valence-corrected chi connectivity index (χ3v) is 5.17. The largest absolute Gasteiger partial charge is 0.390 e. The normalized spacial score (nSPS) is 19.1. The van der Waals surface area contributed by atoms with Crippen molar-refractivity contribution in [1.82, 2.24) is 9.88 Å². The summed E-state index contributed by atoms with van der Waals surface area (Å²) < 4.78 is 13.2. The number of nitrogens with zero attached hydrogens (tertiary/aromatic N) is 3. The average molecular weight is 367 g/mol. The highest BCUT2D eigenvalue weighted by Gasteiger charge is 2.33. The van der Waals surface area contributed by atoms with Crippen LogP contribution in [0, 0.1) is 11.7 Å². The molecule has 0 N–H and O–H groups in total. The van der Waals surface area contributed by atoms with E-state index in [1.54, 1.807) is 18.3 Å². The third kappa shape index (κ3) is 4.15. The van der Waals surface area contributed by atoms with Crippen LogP contribution < -0.4 is 0 Å². The molecule has 1 fully saturated rings. The molecule has 0 unspecified atom stereocenters. The second-order valence-electron chi connectivity index (χ2n) is 7.16. The molecule has 1 atom stereocenters. The number of hydrogen-bond acceptors (Lipinski definition) is 4. The highest BCUT2D eigenvalue weighted by molar-refractivity contribution is 5.99. The molecule has 4 rings (SSSR count). The number of oxime groups is 1. The van der Waals surface area contributed by atoms with E-state index in [1.807, 2.05) is 23.1 Å². The fraction of sp³-hybridized carbons (Fsp3) is 0.381. The fourth-order valence-electron chi connectivity index (χ4n) is 3.41. The molecule has 6 heteroatoms. The van der Waals surface area contributed by atoms with Gasteiger partial charge in [0.25, 0.3) is 0 Å². The molecule has 1 aliphatic carbocycles. The molecule has 1 saturated carbocycles. The Labute approximate surface area is 157 Å². The van der Waals surface area contributed by atoms with Crippen LogP contribution in [0.1, 0.15) is 36.9 Å². The monoisotopic (exact) mass is 367 g/mol. The maximum absolute atomic E-state index is 13.2. The van der Waals surface area contributed by atoms with E-state index in [0.29, 0.717) is 19.5 Å². The number of carbonyl (C=O) groups excluding carboxylic acids is 1. The summed E-state index contributed by atoms with van der Waals surface area (Å²) in [7, 11) is 0. The fourth-order valence-corrected chi connectivity index (χ4v) is 3.41. The molecule has 0 radical (unpaired) electrons. The van der Waals surface area contributed by atoms with E-state index in [4.69, 9.17) is 4.84 Å². The summed E-state index contributed by atoms with van der Waals surface area (Å²) in [5.74, 6) is -0.0216. The number of halogens is 1. The van der Waals surface area contributed by atoms with Gasteiger partial charge < -0.3 is 9.74 Å². The molecule has 0 saturated heterocycles.